The molecule has 58 heavy (non-hydrogen) atoms. The van der Waals surface area contributed by atoms with Crippen LogP contribution in [0.15, 0.2) is 116 Å². The summed E-state index contributed by atoms with van der Waals surface area (Å²) in [6, 6.07) is 30.3. The van der Waals surface area contributed by atoms with E-state index in [2.05, 4.69) is 0 Å². The summed E-state index contributed by atoms with van der Waals surface area (Å²) in [4.78, 5) is 75.2. The minimum Gasteiger partial charge on any atom is -0.268 e. The van der Waals surface area contributed by atoms with Crippen LogP contribution in [0.4, 0.5) is 0 Å². The van der Waals surface area contributed by atoms with Gasteiger partial charge >= 0.3 is 0 Å². The molecule has 0 amide bonds. The molecule has 0 spiro atoms. The molecule has 0 bridgehead atoms. The summed E-state index contributed by atoms with van der Waals surface area (Å²) in [5.74, 6) is 0. The number of nitrogens with zero attached hydrogens (tertiary/aromatic N) is 8. The molecule has 0 radical (unpaired) electrons. The largest absolute Gasteiger partial charge is 0.268 e. The predicted molar refractivity (Wildman–Crippen MR) is 226 cm³/mol. The highest BCUT2D eigenvalue weighted by atomic mass is 16.1. The molecule has 14 rings (SSSR count). The predicted octanol–water partition coefficient (Wildman–Crippen LogP) is 6.98. The van der Waals surface area contributed by atoms with Gasteiger partial charge in [-0.3, -0.25) is 36.8 Å². The third-order valence-electron chi connectivity index (χ3n) is 12.3. The highest BCUT2D eigenvalue weighted by Crippen LogP contribution is 2.35. The molecule has 0 saturated carbocycles. The molecule has 0 unspecified atom stereocenters. The van der Waals surface area contributed by atoms with E-state index in [1.54, 1.807) is 35.8 Å². The smallest absolute Gasteiger partial charge is 0.264 e. The van der Waals surface area contributed by atoms with Gasteiger partial charge in [-0.05, 0) is 109 Å². The van der Waals surface area contributed by atoms with Gasteiger partial charge < -0.3 is 0 Å². The summed E-state index contributed by atoms with van der Waals surface area (Å²) in [5, 5.41) is 4.38. The van der Waals surface area contributed by atoms with Crippen molar-refractivity contribution < 1.29 is 0 Å². The van der Waals surface area contributed by atoms with Crippen molar-refractivity contribution in [2.45, 2.75) is 13.8 Å². The van der Waals surface area contributed by atoms with Gasteiger partial charge in [-0.1, -0.05) is 24.3 Å². The first-order valence-corrected chi connectivity index (χ1v) is 18.8. The lowest BCUT2D eigenvalue weighted by Gasteiger charge is -2.03. The molecule has 0 aliphatic rings. The molecule has 6 aromatic carbocycles. The van der Waals surface area contributed by atoms with Crippen molar-refractivity contribution in [2.24, 2.45) is 0 Å². The summed E-state index contributed by atoms with van der Waals surface area (Å²) in [5.41, 5.74) is 10.4. The Kier molecular flexibility index (Phi) is 5.00. The van der Waals surface area contributed by atoms with E-state index in [1.807, 2.05) is 92.7 Å². The topological polar surface area (TPSA) is 137 Å². The first-order valence-electron chi connectivity index (χ1n) is 18.8. The summed E-state index contributed by atoms with van der Waals surface area (Å²) in [7, 11) is 0. The lowest BCUT2D eigenvalue weighted by atomic mass is 10.0. The minimum atomic E-state index is -0.256. The molecule has 8 heterocycles. The molecular formula is C46H22N8O4. The van der Waals surface area contributed by atoms with E-state index in [4.69, 9.17) is 19.9 Å². The maximum atomic E-state index is 14.2. The van der Waals surface area contributed by atoms with Crippen molar-refractivity contribution in [2.75, 3.05) is 0 Å². The second kappa shape index (κ2) is 9.63. The molecule has 270 valence electrons. The molecule has 8 aromatic heterocycles. The Hall–Kier alpha value is -8.12. The van der Waals surface area contributed by atoms with Gasteiger partial charge in [0.15, 0.2) is 0 Å². The molecule has 12 heteroatoms. The summed E-state index contributed by atoms with van der Waals surface area (Å²) in [6.45, 7) is 3.95. The fourth-order valence-electron chi connectivity index (χ4n) is 9.55. The number of imidazole rings is 4. The monoisotopic (exact) mass is 750 g/mol. The van der Waals surface area contributed by atoms with E-state index in [0.29, 0.717) is 87.7 Å². The van der Waals surface area contributed by atoms with Crippen LogP contribution in [-0.2, 0) is 0 Å². The third-order valence-corrected chi connectivity index (χ3v) is 12.3. The van der Waals surface area contributed by atoms with Crippen LogP contribution in [0.25, 0.3) is 121 Å². The summed E-state index contributed by atoms with van der Waals surface area (Å²) < 4.78 is 6.49. The van der Waals surface area contributed by atoms with Crippen LogP contribution in [0.5, 0.6) is 0 Å². The van der Waals surface area contributed by atoms with Gasteiger partial charge in [0, 0.05) is 21.5 Å². The van der Waals surface area contributed by atoms with Crippen molar-refractivity contribution >= 4 is 110 Å². The number of hydrogen-bond donors (Lipinski definition) is 0. The van der Waals surface area contributed by atoms with Crippen LogP contribution in [0.3, 0.4) is 0 Å². The zero-order chi connectivity index (χ0) is 38.6. The molecule has 0 fully saturated rings. The van der Waals surface area contributed by atoms with Crippen molar-refractivity contribution in [3.05, 3.63) is 150 Å². The standard InChI is InChI=1S/C46H22N8O4/c1-19-3-7-31-35(11-19)51-39(47-31)23-15-24-30(18-29(23)45(51)57)46(58)53-37-13-21(5-9-33(37)49-40(24)53)22-6-10-34-38(14-22)54-42(50-34)26-17-27-25(16-28(26)44(54)56)41-48-32-8-4-20(2)12-36(32)52(41)43(27)55/h3-18H,1-2H3. The van der Waals surface area contributed by atoms with Gasteiger partial charge in [0.1, 0.15) is 22.6 Å². The van der Waals surface area contributed by atoms with Gasteiger partial charge in [0.05, 0.1) is 65.7 Å². The van der Waals surface area contributed by atoms with E-state index >= 15 is 0 Å². The van der Waals surface area contributed by atoms with Gasteiger partial charge in [0.25, 0.3) is 22.2 Å². The first-order chi connectivity index (χ1) is 28.2. The number of aryl methyl sites for hydroxylation is 2. The maximum Gasteiger partial charge on any atom is 0.264 e. The van der Waals surface area contributed by atoms with Crippen LogP contribution >= 0.6 is 0 Å². The van der Waals surface area contributed by atoms with E-state index < -0.39 is 0 Å². The highest BCUT2D eigenvalue weighted by Gasteiger charge is 2.24. The van der Waals surface area contributed by atoms with E-state index in [9.17, 15) is 19.2 Å². The fraction of sp³-hybridized carbons (Fsp3) is 0.0435. The zero-order valence-corrected chi connectivity index (χ0v) is 30.4. The van der Waals surface area contributed by atoms with E-state index in [1.165, 1.54) is 0 Å². The van der Waals surface area contributed by atoms with Crippen molar-refractivity contribution in [1.82, 2.24) is 37.5 Å². The lowest BCUT2D eigenvalue weighted by Crippen LogP contribution is -2.07. The molecule has 14 aromatic rings. The second-order valence-corrected chi connectivity index (χ2v) is 15.6. The Bertz CT molecular complexity index is 4480. The Labute approximate surface area is 321 Å². The number of aromatic nitrogens is 8. The molecule has 0 atom stereocenters. The Balaban J connectivity index is 0.949. The number of hydrogen-bond acceptors (Lipinski definition) is 8. The highest BCUT2D eigenvalue weighted by molar-refractivity contribution is 6.13. The van der Waals surface area contributed by atoms with Crippen LogP contribution in [0, 0.1) is 13.8 Å². The third kappa shape index (κ3) is 3.40. The van der Waals surface area contributed by atoms with Crippen LogP contribution < -0.4 is 22.2 Å². The SMILES string of the molecule is Cc1ccc2nc3c4cc5c(=O)n6c7cc(-c8ccc9nc%10c%11cc%12c(cc%11c(=O)n%10c9c8)c(=O)n8c9cc(C)ccc9nc%128)ccc7nc6c5cc4c(=O)n3c2c1. The Morgan fingerprint density at radius 1 is 0.328 bits per heavy atom. The average Bonchev–Trinajstić information content (AvgIpc) is 4.10. The van der Waals surface area contributed by atoms with Gasteiger partial charge in [-0.2, -0.15) is 0 Å². The average molecular weight is 751 g/mol. The van der Waals surface area contributed by atoms with Crippen molar-refractivity contribution in [1.29, 1.82) is 0 Å². The first kappa shape index (κ1) is 30.1. The normalized spacial score (nSPS) is 12.9. The molecule has 0 saturated heterocycles. The summed E-state index contributed by atoms with van der Waals surface area (Å²) >= 11 is 0. The van der Waals surface area contributed by atoms with Crippen molar-refractivity contribution in [3.63, 3.8) is 0 Å². The van der Waals surface area contributed by atoms with Gasteiger partial charge in [-0.25, -0.2) is 19.9 Å². The summed E-state index contributed by atoms with van der Waals surface area (Å²) in [6.07, 6.45) is 0. The van der Waals surface area contributed by atoms with E-state index in [-0.39, 0.29) is 22.2 Å². The van der Waals surface area contributed by atoms with Gasteiger partial charge in [-0.15, -0.1) is 0 Å². The molecule has 0 N–H and O–H groups in total. The van der Waals surface area contributed by atoms with Crippen LogP contribution in [-0.4, -0.2) is 37.5 Å². The molecule has 12 nitrogen and oxygen atoms in total. The maximum absolute atomic E-state index is 14.2. The zero-order valence-electron chi connectivity index (χ0n) is 30.4. The van der Waals surface area contributed by atoms with Gasteiger partial charge in [0.2, 0.25) is 0 Å². The minimum absolute atomic E-state index is 0.179. The quantitative estimate of drug-likeness (QED) is 0.175. The second-order valence-electron chi connectivity index (χ2n) is 15.6. The van der Waals surface area contributed by atoms with Crippen molar-refractivity contribution in [3.8, 4) is 11.1 Å². The van der Waals surface area contributed by atoms with E-state index in [0.717, 1.165) is 44.3 Å². The van der Waals surface area contributed by atoms with Crippen LogP contribution in [0.1, 0.15) is 11.1 Å². The molecule has 0 aliphatic carbocycles. The number of fused-ring (bicyclic) bond motifs is 20. The lowest BCUT2D eigenvalue weighted by molar-refractivity contribution is 1.21. The molecular weight excluding hydrogens is 729 g/mol. The Morgan fingerprint density at radius 3 is 0.948 bits per heavy atom. The fourth-order valence-corrected chi connectivity index (χ4v) is 9.55. The molecule has 0 aliphatic heterocycles. The number of benzene rings is 6. The number of rotatable bonds is 1. The van der Waals surface area contributed by atoms with Crippen LogP contribution in [0.2, 0.25) is 0 Å². The Morgan fingerprint density at radius 2 is 0.603 bits per heavy atom.